The van der Waals surface area contributed by atoms with Gasteiger partial charge in [-0.25, -0.2) is 0 Å². The van der Waals surface area contributed by atoms with Gasteiger partial charge in [0.05, 0.1) is 5.56 Å². The number of carbonyl (C=O) groups excluding carboxylic acids is 5. The minimum Gasteiger partial charge on any atom is -0.350 e. The molecule has 0 saturated heterocycles. The molecule has 1 aliphatic carbocycles. The topological polar surface area (TPSA) is 155 Å². The quantitative estimate of drug-likeness (QED) is 0.170. The normalized spacial score (nSPS) is 19.7. The van der Waals surface area contributed by atoms with Crippen LogP contribution in [-0.2, 0) is 25.7 Å². The molecule has 4 unspecified atom stereocenters. The van der Waals surface area contributed by atoms with Crippen molar-refractivity contribution in [1.29, 1.82) is 0 Å². The number of pyridine rings is 1. The summed E-state index contributed by atoms with van der Waals surface area (Å²) in [4.78, 5) is 78.3. The summed E-state index contributed by atoms with van der Waals surface area (Å²) < 4.78 is 2.15. The highest BCUT2D eigenvalue weighted by atomic mass is 32.1. The van der Waals surface area contributed by atoms with E-state index >= 15 is 0 Å². The number of ketones is 1. The second-order valence-electron chi connectivity index (χ2n) is 12.8. The molecule has 1 aliphatic rings. The lowest BCUT2D eigenvalue weighted by Crippen LogP contribution is -2.57. The molecule has 11 nitrogen and oxygen atoms in total. The average Bonchev–Trinajstić information content (AvgIpc) is 3.49. The fraction of sp³-hybridized carbons (Fsp3) is 0.500. The minimum atomic E-state index is -1.24. The highest BCUT2D eigenvalue weighted by Gasteiger charge is 2.42. The van der Waals surface area contributed by atoms with Crippen molar-refractivity contribution in [3.05, 3.63) is 63.9 Å². The van der Waals surface area contributed by atoms with Crippen LogP contribution in [-0.4, -0.2) is 52.1 Å². The minimum absolute atomic E-state index is 0.0772. The van der Waals surface area contributed by atoms with Gasteiger partial charge in [0.1, 0.15) is 18.3 Å². The third-order valence-electron chi connectivity index (χ3n) is 9.27. The van der Waals surface area contributed by atoms with E-state index in [1.54, 1.807) is 24.4 Å². The van der Waals surface area contributed by atoms with Crippen LogP contribution in [0.2, 0.25) is 0 Å². The lowest BCUT2D eigenvalue weighted by molar-refractivity contribution is -0.138. The zero-order valence-corrected chi connectivity index (χ0v) is 29.0. The van der Waals surface area contributed by atoms with E-state index in [-0.39, 0.29) is 43.1 Å². The van der Waals surface area contributed by atoms with E-state index < -0.39 is 35.1 Å². The molecule has 4 amide bonds. The molecule has 0 radical (unpaired) electrons. The number of fused-ring (bicyclic) bond motifs is 1. The Labute approximate surface area is 285 Å². The van der Waals surface area contributed by atoms with Gasteiger partial charge < -0.3 is 25.8 Å². The van der Waals surface area contributed by atoms with E-state index in [9.17, 15) is 28.8 Å². The third-order valence-corrected chi connectivity index (χ3v) is 10.2. The Bertz CT molecular complexity index is 1700. The summed E-state index contributed by atoms with van der Waals surface area (Å²) in [6.07, 6.45) is 6.86. The van der Waals surface area contributed by atoms with Gasteiger partial charge in [0.25, 0.3) is 17.4 Å². The third kappa shape index (κ3) is 8.77. The molecule has 1 fully saturated rings. The number of hydrogen-bond acceptors (Lipinski definition) is 7. The molecule has 2 heterocycles. The Morgan fingerprint density at radius 2 is 1.81 bits per heavy atom. The summed E-state index contributed by atoms with van der Waals surface area (Å²) in [7, 11) is 0. The van der Waals surface area contributed by atoms with Crippen molar-refractivity contribution >= 4 is 56.5 Å². The number of Topliss-reactive ketones (excluding diaryl/α,β-unsaturated/α-hetero) is 1. The second kappa shape index (κ2) is 16.7. The van der Waals surface area contributed by atoms with Crippen LogP contribution >= 0.6 is 11.3 Å². The first-order valence-corrected chi connectivity index (χ1v) is 17.8. The monoisotopic (exact) mass is 677 g/mol. The molecule has 1 aromatic carbocycles. The van der Waals surface area contributed by atoms with Crippen LogP contribution in [0.15, 0.2) is 52.8 Å². The maximum atomic E-state index is 13.6. The number of thiophene rings is 1. The number of rotatable bonds is 15. The van der Waals surface area contributed by atoms with Crippen LogP contribution in [0.3, 0.4) is 0 Å². The van der Waals surface area contributed by atoms with Crippen LogP contribution in [0.4, 0.5) is 5.69 Å². The fourth-order valence-electron chi connectivity index (χ4n) is 6.97. The maximum absolute atomic E-state index is 13.6. The van der Waals surface area contributed by atoms with Gasteiger partial charge >= 0.3 is 0 Å². The molecule has 4 N–H and O–H groups in total. The van der Waals surface area contributed by atoms with Crippen molar-refractivity contribution in [2.24, 2.45) is 11.8 Å². The van der Waals surface area contributed by atoms with E-state index in [1.165, 1.54) is 28.2 Å². The number of aromatic nitrogens is 1. The zero-order chi connectivity index (χ0) is 34.8. The van der Waals surface area contributed by atoms with Gasteiger partial charge in [-0.3, -0.25) is 28.8 Å². The summed E-state index contributed by atoms with van der Waals surface area (Å²) in [6, 6.07) is 9.11. The molecule has 2 aromatic heterocycles. The first-order valence-electron chi connectivity index (χ1n) is 16.9. The van der Waals surface area contributed by atoms with E-state index in [2.05, 4.69) is 42.0 Å². The van der Waals surface area contributed by atoms with Crippen LogP contribution in [0, 0.1) is 11.8 Å². The Balaban J connectivity index is 1.51. The van der Waals surface area contributed by atoms with E-state index in [4.69, 9.17) is 0 Å². The predicted octanol–water partition coefficient (Wildman–Crippen LogP) is 4.79. The number of nitrogens with zero attached hydrogens (tertiary/aromatic N) is 1. The smallest absolute Gasteiger partial charge is 0.287 e. The van der Waals surface area contributed by atoms with Crippen molar-refractivity contribution < 1.29 is 24.0 Å². The van der Waals surface area contributed by atoms with Crippen molar-refractivity contribution in [1.82, 2.24) is 20.5 Å². The van der Waals surface area contributed by atoms with E-state index in [0.717, 1.165) is 48.6 Å². The van der Waals surface area contributed by atoms with Crippen molar-refractivity contribution in [3.63, 3.8) is 0 Å². The molecule has 3 aromatic rings. The Hall–Kier alpha value is -4.32. The molecular weight excluding hydrogens is 630 g/mol. The van der Waals surface area contributed by atoms with Gasteiger partial charge in [-0.05, 0) is 62.6 Å². The molecule has 0 spiro atoms. The number of hydrogen-bond donors (Lipinski definition) is 4. The van der Waals surface area contributed by atoms with Crippen LogP contribution in [0.25, 0.3) is 10.1 Å². The van der Waals surface area contributed by atoms with Crippen LogP contribution < -0.4 is 26.8 Å². The Morgan fingerprint density at radius 1 is 1.04 bits per heavy atom. The van der Waals surface area contributed by atoms with E-state index in [0.29, 0.717) is 17.4 Å². The van der Waals surface area contributed by atoms with Crippen molar-refractivity contribution in [2.45, 2.75) is 97.2 Å². The first kappa shape index (κ1) is 36.5. The van der Waals surface area contributed by atoms with Gasteiger partial charge in [0, 0.05) is 40.2 Å². The van der Waals surface area contributed by atoms with Crippen molar-refractivity contribution in [3.8, 4) is 0 Å². The molecule has 258 valence electrons. The number of nitrogens with one attached hydrogen (secondary N) is 4. The molecule has 12 heteroatoms. The summed E-state index contributed by atoms with van der Waals surface area (Å²) in [5.74, 6) is -2.17. The Morgan fingerprint density at radius 3 is 2.54 bits per heavy atom. The lowest BCUT2D eigenvalue weighted by atomic mass is 9.66. The number of anilines is 1. The molecule has 1 saturated carbocycles. The summed E-state index contributed by atoms with van der Waals surface area (Å²) in [5, 5.41) is 13.5. The fourth-order valence-corrected chi connectivity index (χ4v) is 7.91. The number of amides is 4. The maximum Gasteiger partial charge on any atom is 0.287 e. The number of carbonyl (C=O) groups is 5. The molecule has 0 aliphatic heterocycles. The molecule has 4 rings (SSSR count). The van der Waals surface area contributed by atoms with Crippen LogP contribution in [0.5, 0.6) is 0 Å². The molecule has 0 bridgehead atoms. The Kier molecular flexibility index (Phi) is 12.7. The van der Waals surface area contributed by atoms with E-state index in [1.807, 2.05) is 18.2 Å². The highest BCUT2D eigenvalue weighted by molar-refractivity contribution is 7.17. The molecular formula is C36H47N5O6S. The van der Waals surface area contributed by atoms with Gasteiger partial charge in [-0.15, -0.1) is 11.3 Å². The van der Waals surface area contributed by atoms with Gasteiger partial charge in [-0.2, -0.15) is 0 Å². The number of likely N-dealkylation sites (N-methyl/N-ethyl adjacent to an activating group) is 1. The largest absolute Gasteiger partial charge is 0.350 e. The first-order chi connectivity index (χ1) is 23.0. The summed E-state index contributed by atoms with van der Waals surface area (Å²) in [5.41, 5.74) is -0.609. The molecule has 4 atom stereocenters. The zero-order valence-electron chi connectivity index (χ0n) is 28.2. The SMILES string of the molecule is CCCC1(NC(=O)Cn2cccc(NC(=O)C(CCC(=O)C(=O)NCC)NC(=O)c3csc4ccccc34)c2=O)CC(C)CCC1CC. The van der Waals surface area contributed by atoms with Gasteiger partial charge in [0.2, 0.25) is 17.6 Å². The van der Waals surface area contributed by atoms with Gasteiger partial charge in [-0.1, -0.05) is 58.2 Å². The standard InChI is InChI=1S/C36H47N5O6S/c1-5-18-36(20-23(4)14-15-24(36)6-2)40-31(43)21-41-19-10-12-28(35(41)47)39-33(45)27(16-17-29(42)34(46)37-7-3)38-32(44)26-22-48-30-13-9-8-11-25(26)30/h8-13,19,22-24,27H,5-7,14-18,20-21H2,1-4H3,(H,37,46)(H,38,44)(H,39,45)(H,40,43). The average molecular weight is 678 g/mol. The predicted molar refractivity (Wildman–Crippen MR) is 188 cm³/mol. The number of benzene rings is 1. The lowest BCUT2D eigenvalue weighted by Gasteiger charge is -2.47. The summed E-state index contributed by atoms with van der Waals surface area (Å²) in [6.45, 7) is 8.22. The van der Waals surface area contributed by atoms with Crippen molar-refractivity contribution in [2.75, 3.05) is 11.9 Å². The highest BCUT2D eigenvalue weighted by Crippen LogP contribution is 2.41. The summed E-state index contributed by atoms with van der Waals surface area (Å²) >= 11 is 1.39. The second-order valence-corrected chi connectivity index (χ2v) is 13.7. The molecule has 48 heavy (non-hydrogen) atoms. The van der Waals surface area contributed by atoms with Crippen LogP contribution in [0.1, 0.15) is 89.4 Å². The van der Waals surface area contributed by atoms with Gasteiger partial charge in [0.15, 0.2) is 0 Å².